The van der Waals surface area contributed by atoms with Crippen molar-refractivity contribution in [2.75, 3.05) is 0 Å². The summed E-state index contributed by atoms with van der Waals surface area (Å²) < 4.78 is 5.25. The van der Waals surface area contributed by atoms with Gasteiger partial charge in [0.1, 0.15) is 5.60 Å². The van der Waals surface area contributed by atoms with Gasteiger partial charge in [-0.2, -0.15) is 5.90 Å². The molecule has 0 aliphatic carbocycles. The molecule has 0 aromatic heterocycles. The van der Waals surface area contributed by atoms with Crippen molar-refractivity contribution in [2.24, 2.45) is 11.3 Å². The second kappa shape index (κ2) is 6.74. The van der Waals surface area contributed by atoms with E-state index < -0.39 is 27.9 Å². The summed E-state index contributed by atoms with van der Waals surface area (Å²) in [5, 5.41) is 10.8. The van der Waals surface area contributed by atoms with Gasteiger partial charge in [0.05, 0.1) is 4.92 Å². The number of hydrogen-bond donors (Lipinski definition) is 1. The fourth-order valence-electron chi connectivity index (χ4n) is 1.94. The molecule has 1 atom stereocenters. The molecule has 1 aromatic rings. The van der Waals surface area contributed by atoms with Gasteiger partial charge in [-0.15, -0.1) is 0 Å². The van der Waals surface area contributed by atoms with Gasteiger partial charge in [0.2, 0.25) is 0 Å². The Morgan fingerprint density at radius 2 is 1.83 bits per heavy atom. The second-order valence-corrected chi connectivity index (χ2v) is 6.34. The predicted octanol–water partition coefficient (Wildman–Crippen LogP) is 1.90. The summed E-state index contributed by atoms with van der Waals surface area (Å²) in [6.07, 6.45) is -0.139. The molecule has 1 rings (SSSR count). The number of nitrogens with zero attached hydrogens (tertiary/aromatic N) is 1. The molecule has 8 heteroatoms. The SMILES string of the molecule is CC(C)(C)OC(=O)C(C)(Cc1cccc([N+](=O)[O-])c1)C(=O)ON. The van der Waals surface area contributed by atoms with Crippen LogP contribution in [0.4, 0.5) is 5.69 Å². The van der Waals surface area contributed by atoms with Crippen LogP contribution in [0.15, 0.2) is 24.3 Å². The minimum atomic E-state index is -1.71. The average Bonchev–Trinajstić information content (AvgIpc) is 2.44. The zero-order chi connectivity index (χ0) is 17.8. The van der Waals surface area contributed by atoms with Gasteiger partial charge in [-0.3, -0.25) is 14.9 Å². The van der Waals surface area contributed by atoms with E-state index in [0.717, 1.165) is 0 Å². The van der Waals surface area contributed by atoms with Crippen LogP contribution in [0, 0.1) is 15.5 Å². The van der Waals surface area contributed by atoms with E-state index in [1.165, 1.54) is 25.1 Å². The highest BCUT2D eigenvalue weighted by Crippen LogP contribution is 2.29. The third kappa shape index (κ3) is 4.75. The normalized spacial score (nSPS) is 13.8. The van der Waals surface area contributed by atoms with Crippen LogP contribution in [-0.2, 0) is 25.6 Å². The van der Waals surface area contributed by atoms with E-state index in [2.05, 4.69) is 4.84 Å². The van der Waals surface area contributed by atoms with Crippen LogP contribution >= 0.6 is 0 Å². The van der Waals surface area contributed by atoms with E-state index in [0.29, 0.717) is 5.56 Å². The molecule has 8 nitrogen and oxygen atoms in total. The molecular formula is C15H20N2O6. The number of nitro groups is 1. The van der Waals surface area contributed by atoms with Gasteiger partial charge >= 0.3 is 11.9 Å². The van der Waals surface area contributed by atoms with Gasteiger partial charge in [0.25, 0.3) is 5.69 Å². The monoisotopic (exact) mass is 324 g/mol. The number of nitrogens with two attached hydrogens (primary N) is 1. The number of hydrogen-bond acceptors (Lipinski definition) is 7. The molecule has 0 spiro atoms. The van der Waals surface area contributed by atoms with Crippen LogP contribution in [0.2, 0.25) is 0 Å². The molecule has 0 aliphatic heterocycles. The first-order valence-electron chi connectivity index (χ1n) is 6.87. The maximum Gasteiger partial charge on any atom is 0.341 e. The van der Waals surface area contributed by atoms with Gasteiger partial charge in [0.15, 0.2) is 5.41 Å². The molecule has 0 amide bonds. The molecule has 1 aromatic carbocycles. The number of carbonyl (C=O) groups is 2. The van der Waals surface area contributed by atoms with E-state index in [1.54, 1.807) is 26.8 Å². The Bertz CT molecular complexity index is 623. The van der Waals surface area contributed by atoms with Crippen molar-refractivity contribution in [3.8, 4) is 0 Å². The van der Waals surface area contributed by atoms with Crippen LogP contribution in [0.1, 0.15) is 33.3 Å². The summed E-state index contributed by atoms with van der Waals surface area (Å²) in [6.45, 7) is 6.31. The van der Waals surface area contributed by atoms with Crippen molar-refractivity contribution >= 4 is 17.6 Å². The number of benzene rings is 1. The maximum atomic E-state index is 12.4. The zero-order valence-electron chi connectivity index (χ0n) is 13.5. The van der Waals surface area contributed by atoms with Crippen molar-refractivity contribution < 1.29 is 24.1 Å². The Hall–Kier alpha value is -2.48. The second-order valence-electron chi connectivity index (χ2n) is 6.34. The molecule has 23 heavy (non-hydrogen) atoms. The third-order valence-corrected chi connectivity index (χ3v) is 3.09. The van der Waals surface area contributed by atoms with Gasteiger partial charge in [-0.05, 0) is 39.7 Å². The van der Waals surface area contributed by atoms with Gasteiger partial charge < -0.3 is 9.57 Å². The van der Waals surface area contributed by atoms with Crippen LogP contribution in [0.3, 0.4) is 0 Å². The summed E-state index contributed by atoms with van der Waals surface area (Å²) in [4.78, 5) is 38.9. The Balaban J connectivity index is 3.17. The predicted molar refractivity (Wildman–Crippen MR) is 81.0 cm³/mol. The third-order valence-electron chi connectivity index (χ3n) is 3.09. The Labute approximate surface area is 133 Å². The number of non-ortho nitro benzene ring substituents is 1. The molecule has 0 bridgehead atoms. The Kier molecular flexibility index (Phi) is 5.44. The largest absolute Gasteiger partial charge is 0.459 e. The topological polar surface area (TPSA) is 122 Å². The van der Waals surface area contributed by atoms with Crippen molar-refractivity contribution in [3.63, 3.8) is 0 Å². The maximum absolute atomic E-state index is 12.4. The molecule has 0 aliphatic rings. The number of rotatable bonds is 5. The van der Waals surface area contributed by atoms with Crippen LogP contribution in [0.25, 0.3) is 0 Å². The number of carbonyl (C=O) groups excluding carboxylic acids is 2. The van der Waals surface area contributed by atoms with Crippen LogP contribution < -0.4 is 5.90 Å². The lowest BCUT2D eigenvalue weighted by atomic mass is 9.83. The highest BCUT2D eigenvalue weighted by atomic mass is 16.7. The average molecular weight is 324 g/mol. The summed E-state index contributed by atoms with van der Waals surface area (Å²) in [5.41, 5.74) is -2.25. The molecule has 126 valence electrons. The lowest BCUT2D eigenvalue weighted by molar-refractivity contribution is -0.384. The molecule has 0 heterocycles. The van der Waals surface area contributed by atoms with Crippen molar-refractivity contribution in [3.05, 3.63) is 39.9 Å². The van der Waals surface area contributed by atoms with Gasteiger partial charge in [-0.1, -0.05) is 12.1 Å². The molecule has 0 saturated heterocycles. The van der Waals surface area contributed by atoms with Crippen LogP contribution in [-0.4, -0.2) is 22.5 Å². The highest BCUT2D eigenvalue weighted by molar-refractivity contribution is 6.00. The van der Waals surface area contributed by atoms with E-state index in [1.807, 2.05) is 0 Å². The Morgan fingerprint density at radius 3 is 2.30 bits per heavy atom. The number of nitro benzene ring substituents is 1. The first kappa shape index (κ1) is 18.6. The zero-order valence-corrected chi connectivity index (χ0v) is 13.5. The standard InChI is InChI=1S/C15H20N2O6/c1-14(2,3)22-12(18)15(4,13(19)23-16)9-10-6-5-7-11(8-10)17(20)21/h5-8H,9,16H2,1-4H3. The highest BCUT2D eigenvalue weighted by Gasteiger charge is 2.46. The van der Waals surface area contributed by atoms with Crippen molar-refractivity contribution in [2.45, 2.75) is 39.7 Å². The molecule has 0 radical (unpaired) electrons. The van der Waals surface area contributed by atoms with E-state index in [9.17, 15) is 19.7 Å². The minimum absolute atomic E-state index is 0.139. The van der Waals surface area contributed by atoms with E-state index >= 15 is 0 Å². The van der Waals surface area contributed by atoms with Crippen molar-refractivity contribution in [1.29, 1.82) is 0 Å². The smallest absolute Gasteiger partial charge is 0.341 e. The molecule has 1 unspecified atom stereocenters. The van der Waals surface area contributed by atoms with Gasteiger partial charge in [0, 0.05) is 12.1 Å². The number of ether oxygens (including phenoxy) is 1. The first-order chi connectivity index (χ1) is 10.5. The lowest BCUT2D eigenvalue weighted by Gasteiger charge is -2.29. The summed E-state index contributed by atoms with van der Waals surface area (Å²) >= 11 is 0. The molecule has 2 N–H and O–H groups in total. The molecular weight excluding hydrogens is 304 g/mol. The van der Waals surface area contributed by atoms with Crippen LogP contribution in [0.5, 0.6) is 0 Å². The summed E-state index contributed by atoms with van der Waals surface area (Å²) in [5.74, 6) is 3.14. The fourth-order valence-corrected chi connectivity index (χ4v) is 1.94. The minimum Gasteiger partial charge on any atom is -0.459 e. The lowest BCUT2D eigenvalue weighted by Crippen LogP contribution is -2.44. The fraction of sp³-hybridized carbons (Fsp3) is 0.467. The molecule has 0 saturated carbocycles. The summed E-state index contributed by atoms with van der Waals surface area (Å²) in [7, 11) is 0. The van der Waals surface area contributed by atoms with E-state index in [4.69, 9.17) is 10.6 Å². The Morgan fingerprint density at radius 1 is 1.22 bits per heavy atom. The quantitative estimate of drug-likeness (QED) is 0.380. The van der Waals surface area contributed by atoms with Gasteiger partial charge in [-0.25, -0.2) is 4.79 Å². The van der Waals surface area contributed by atoms with Crippen molar-refractivity contribution in [1.82, 2.24) is 0 Å². The van der Waals surface area contributed by atoms with E-state index in [-0.39, 0.29) is 12.1 Å². The molecule has 0 fully saturated rings. The first-order valence-corrected chi connectivity index (χ1v) is 6.87. The summed E-state index contributed by atoms with van der Waals surface area (Å²) in [6, 6.07) is 5.64. The number of esters is 1.